The molecule has 1 aromatic rings. The SMILES string of the molecule is CC(C)Sc1ccc(C(F)(F)CO)cc1Cl. The van der Waals surface area contributed by atoms with Crippen LogP contribution in [0.3, 0.4) is 0 Å². The van der Waals surface area contributed by atoms with Gasteiger partial charge in [0, 0.05) is 15.7 Å². The number of thioether (sulfide) groups is 1. The van der Waals surface area contributed by atoms with E-state index in [1.165, 1.54) is 23.9 Å². The van der Waals surface area contributed by atoms with E-state index in [0.29, 0.717) is 10.3 Å². The average Bonchev–Trinajstić information content (AvgIpc) is 2.20. The highest BCUT2D eigenvalue weighted by Crippen LogP contribution is 2.35. The second-order valence-electron chi connectivity index (χ2n) is 3.67. The first kappa shape index (κ1) is 13.7. The standard InChI is InChI=1S/C11H13ClF2OS/c1-7(2)16-10-4-3-8(5-9(10)12)11(13,14)6-15/h3-5,7,15H,6H2,1-2H3. The highest BCUT2D eigenvalue weighted by molar-refractivity contribution is 8.00. The highest BCUT2D eigenvalue weighted by Gasteiger charge is 2.30. The summed E-state index contributed by atoms with van der Waals surface area (Å²) in [5, 5.41) is 9.19. The maximum absolute atomic E-state index is 13.1. The molecule has 0 spiro atoms. The van der Waals surface area contributed by atoms with Gasteiger partial charge in [-0.1, -0.05) is 31.5 Å². The maximum atomic E-state index is 13.1. The molecule has 0 aliphatic rings. The fourth-order valence-corrected chi connectivity index (χ4v) is 2.31. The van der Waals surface area contributed by atoms with Gasteiger partial charge in [0.2, 0.25) is 0 Å². The van der Waals surface area contributed by atoms with Crippen molar-refractivity contribution in [3.8, 4) is 0 Å². The summed E-state index contributed by atoms with van der Waals surface area (Å²) in [5.74, 6) is -3.23. The molecule has 0 unspecified atom stereocenters. The highest BCUT2D eigenvalue weighted by atomic mass is 35.5. The molecule has 1 aromatic carbocycles. The van der Waals surface area contributed by atoms with Crippen molar-refractivity contribution in [2.45, 2.75) is 29.9 Å². The zero-order chi connectivity index (χ0) is 12.3. The van der Waals surface area contributed by atoms with E-state index >= 15 is 0 Å². The first-order valence-corrected chi connectivity index (χ1v) is 6.08. The molecule has 0 aliphatic carbocycles. The van der Waals surface area contributed by atoms with Crippen molar-refractivity contribution < 1.29 is 13.9 Å². The number of alkyl halides is 2. The van der Waals surface area contributed by atoms with Crippen molar-refractivity contribution in [1.29, 1.82) is 0 Å². The first-order chi connectivity index (χ1) is 7.36. The molecule has 0 aromatic heterocycles. The fraction of sp³-hybridized carbons (Fsp3) is 0.455. The molecule has 0 bridgehead atoms. The molecule has 0 amide bonds. The quantitative estimate of drug-likeness (QED) is 0.834. The van der Waals surface area contributed by atoms with Crippen LogP contribution in [0.25, 0.3) is 0 Å². The summed E-state index contributed by atoms with van der Waals surface area (Å²) >= 11 is 7.41. The van der Waals surface area contributed by atoms with E-state index in [9.17, 15) is 8.78 Å². The van der Waals surface area contributed by atoms with Gasteiger partial charge in [-0.25, -0.2) is 0 Å². The number of rotatable bonds is 4. The van der Waals surface area contributed by atoms with Crippen molar-refractivity contribution in [3.05, 3.63) is 28.8 Å². The van der Waals surface area contributed by atoms with E-state index in [4.69, 9.17) is 16.7 Å². The Morgan fingerprint density at radius 3 is 2.50 bits per heavy atom. The van der Waals surface area contributed by atoms with E-state index in [-0.39, 0.29) is 5.56 Å². The van der Waals surface area contributed by atoms with Crippen molar-refractivity contribution in [2.75, 3.05) is 6.61 Å². The average molecular weight is 267 g/mol. The van der Waals surface area contributed by atoms with Crippen LogP contribution in [0.4, 0.5) is 8.78 Å². The summed E-state index contributed by atoms with van der Waals surface area (Å²) in [5.41, 5.74) is -0.256. The lowest BCUT2D eigenvalue weighted by Gasteiger charge is -2.15. The van der Waals surface area contributed by atoms with Gasteiger partial charge < -0.3 is 5.11 Å². The molecule has 1 N–H and O–H groups in total. The minimum atomic E-state index is -3.23. The zero-order valence-corrected chi connectivity index (χ0v) is 10.6. The summed E-state index contributed by atoms with van der Waals surface area (Å²) in [6.45, 7) is 2.79. The summed E-state index contributed by atoms with van der Waals surface area (Å²) < 4.78 is 26.3. The Morgan fingerprint density at radius 1 is 1.44 bits per heavy atom. The molecule has 0 radical (unpaired) electrons. The van der Waals surface area contributed by atoms with Gasteiger partial charge in [-0.05, 0) is 12.1 Å². The van der Waals surface area contributed by atoms with E-state index in [1.54, 1.807) is 6.07 Å². The van der Waals surface area contributed by atoms with Gasteiger partial charge in [0.25, 0.3) is 5.92 Å². The normalized spacial score (nSPS) is 12.2. The smallest absolute Gasteiger partial charge is 0.295 e. The lowest BCUT2D eigenvalue weighted by Crippen LogP contribution is -2.18. The van der Waals surface area contributed by atoms with E-state index in [2.05, 4.69) is 0 Å². The minimum absolute atomic E-state index is 0.256. The molecule has 0 saturated carbocycles. The van der Waals surface area contributed by atoms with Crippen LogP contribution in [0.1, 0.15) is 19.4 Å². The monoisotopic (exact) mass is 266 g/mol. The Bertz CT molecular complexity index is 369. The number of aliphatic hydroxyl groups excluding tert-OH is 1. The summed E-state index contributed by atoms with van der Waals surface area (Å²) in [6.07, 6.45) is 0. The Kier molecular flexibility index (Phi) is 4.59. The number of hydrogen-bond acceptors (Lipinski definition) is 2. The fourth-order valence-electron chi connectivity index (χ4n) is 1.17. The molecule has 0 atom stereocenters. The lowest BCUT2D eigenvalue weighted by molar-refractivity contribution is -0.0556. The van der Waals surface area contributed by atoms with Crippen LogP contribution in [0.15, 0.2) is 23.1 Å². The predicted octanol–water partition coefficient (Wildman–Crippen LogP) is 3.92. The summed E-state index contributed by atoms with van der Waals surface area (Å²) in [4.78, 5) is 0.772. The number of aliphatic hydroxyl groups is 1. The summed E-state index contributed by atoms with van der Waals surface area (Å²) in [6, 6.07) is 4.07. The van der Waals surface area contributed by atoms with E-state index in [0.717, 1.165) is 4.90 Å². The van der Waals surface area contributed by atoms with Crippen LogP contribution < -0.4 is 0 Å². The third-order valence-electron chi connectivity index (χ3n) is 1.92. The molecule has 5 heteroatoms. The minimum Gasteiger partial charge on any atom is -0.390 e. The van der Waals surface area contributed by atoms with Gasteiger partial charge >= 0.3 is 0 Å². The number of hydrogen-bond donors (Lipinski definition) is 1. The third kappa shape index (κ3) is 3.34. The first-order valence-electron chi connectivity index (χ1n) is 4.82. The lowest BCUT2D eigenvalue weighted by atomic mass is 10.1. The van der Waals surface area contributed by atoms with Crippen molar-refractivity contribution in [1.82, 2.24) is 0 Å². The number of halogens is 3. The van der Waals surface area contributed by atoms with Gasteiger partial charge in [0.05, 0.1) is 5.02 Å². The van der Waals surface area contributed by atoms with Crippen molar-refractivity contribution in [3.63, 3.8) is 0 Å². The van der Waals surface area contributed by atoms with E-state index in [1.807, 2.05) is 13.8 Å². The van der Waals surface area contributed by atoms with Crippen LogP contribution >= 0.6 is 23.4 Å². The van der Waals surface area contributed by atoms with Crippen LogP contribution in [-0.2, 0) is 5.92 Å². The molecule has 16 heavy (non-hydrogen) atoms. The molecule has 1 nitrogen and oxygen atoms in total. The second kappa shape index (κ2) is 5.34. The molecule has 1 rings (SSSR count). The van der Waals surface area contributed by atoms with Crippen molar-refractivity contribution >= 4 is 23.4 Å². The Labute approximate surface area is 103 Å². The van der Waals surface area contributed by atoms with Crippen molar-refractivity contribution in [2.24, 2.45) is 0 Å². The maximum Gasteiger partial charge on any atom is 0.295 e. The van der Waals surface area contributed by atoms with Crippen LogP contribution in [0.2, 0.25) is 5.02 Å². The van der Waals surface area contributed by atoms with Crippen LogP contribution in [0.5, 0.6) is 0 Å². The van der Waals surface area contributed by atoms with Crippen LogP contribution in [-0.4, -0.2) is 17.0 Å². The van der Waals surface area contributed by atoms with Gasteiger partial charge in [-0.2, -0.15) is 8.78 Å². The number of benzene rings is 1. The van der Waals surface area contributed by atoms with Crippen LogP contribution in [0, 0.1) is 0 Å². The molecule has 0 heterocycles. The van der Waals surface area contributed by atoms with Gasteiger partial charge in [-0.15, -0.1) is 11.8 Å². The molecular formula is C11H13ClF2OS. The Balaban J connectivity index is 2.99. The zero-order valence-electron chi connectivity index (χ0n) is 9.01. The molecule has 90 valence electrons. The van der Waals surface area contributed by atoms with E-state index < -0.39 is 12.5 Å². The molecule has 0 saturated heterocycles. The topological polar surface area (TPSA) is 20.2 Å². The second-order valence-corrected chi connectivity index (χ2v) is 5.70. The molecule has 0 fully saturated rings. The van der Waals surface area contributed by atoms with Gasteiger partial charge in [-0.3, -0.25) is 0 Å². The Hall–Kier alpha value is -0.320. The molecule has 0 aliphatic heterocycles. The van der Waals surface area contributed by atoms with Gasteiger partial charge in [0.15, 0.2) is 0 Å². The largest absolute Gasteiger partial charge is 0.390 e. The molecular weight excluding hydrogens is 254 g/mol. The predicted molar refractivity (Wildman–Crippen MR) is 63.4 cm³/mol. The Morgan fingerprint density at radius 2 is 2.06 bits per heavy atom. The van der Waals surface area contributed by atoms with Gasteiger partial charge in [0.1, 0.15) is 6.61 Å². The summed E-state index contributed by atoms with van der Waals surface area (Å²) in [7, 11) is 0. The third-order valence-corrected chi connectivity index (χ3v) is 3.42.